The Morgan fingerprint density at radius 3 is 2.40 bits per heavy atom. The molecule has 1 fully saturated rings. The van der Waals surface area contributed by atoms with E-state index < -0.39 is 29.1 Å². The number of nitrogens with one attached hydrogen (secondary N) is 3. The van der Waals surface area contributed by atoms with Crippen LogP contribution >= 0.6 is 0 Å². The summed E-state index contributed by atoms with van der Waals surface area (Å²) in [5.41, 5.74) is 8.11. The van der Waals surface area contributed by atoms with E-state index in [2.05, 4.69) is 15.6 Å². The van der Waals surface area contributed by atoms with Crippen molar-refractivity contribution in [3.05, 3.63) is 65.9 Å². The van der Waals surface area contributed by atoms with Gasteiger partial charge in [0.1, 0.15) is 6.04 Å². The van der Waals surface area contributed by atoms with Crippen molar-refractivity contribution in [3.8, 4) is 0 Å². The van der Waals surface area contributed by atoms with Crippen LogP contribution in [-0.4, -0.2) is 69.5 Å². The standard InChI is InChI=1S/C28H33N5O3.C2HF3O2/c1-27(2,29)25(35)32-23(16-18-17-30-21-10-5-3-8-19(18)21)24(34)33-14-7-12-28(13-15-33)20-9-4-6-11-22(20)31-26(28)36;3-2(4,5)1(6)7/h3-6,8-11,17,23,30H,7,12-16,29H2,1-2H3,(H,31,36)(H,32,35);(H,6,7)/t23-,28+;/m1./s1. The van der Waals surface area contributed by atoms with Gasteiger partial charge >= 0.3 is 12.1 Å². The number of carboxylic acid groups (broad SMARTS) is 1. The maximum Gasteiger partial charge on any atom is 0.490 e. The Bertz CT molecular complexity index is 1530. The van der Waals surface area contributed by atoms with Crippen molar-refractivity contribution in [2.45, 2.75) is 62.7 Å². The fraction of sp³-hybridized carbons (Fsp3) is 0.400. The molecule has 0 radical (unpaired) electrons. The summed E-state index contributed by atoms with van der Waals surface area (Å²) in [6.45, 7) is 4.22. The number of alkyl halides is 3. The molecule has 3 heterocycles. The number of H-pyrrole nitrogens is 1. The highest BCUT2D eigenvalue weighted by atomic mass is 19.4. The molecule has 0 bridgehead atoms. The summed E-state index contributed by atoms with van der Waals surface area (Å²) >= 11 is 0. The van der Waals surface area contributed by atoms with Crippen molar-refractivity contribution in [1.82, 2.24) is 15.2 Å². The highest BCUT2D eigenvalue weighted by Gasteiger charge is 2.47. The van der Waals surface area contributed by atoms with Crippen LogP contribution in [0.3, 0.4) is 0 Å². The molecule has 1 spiro atoms. The third-order valence-corrected chi connectivity index (χ3v) is 7.81. The Labute approximate surface area is 245 Å². The molecule has 0 aliphatic carbocycles. The summed E-state index contributed by atoms with van der Waals surface area (Å²) in [6, 6.07) is 14.9. The van der Waals surface area contributed by atoms with E-state index in [-0.39, 0.29) is 17.7 Å². The van der Waals surface area contributed by atoms with Gasteiger partial charge in [0.05, 0.1) is 11.0 Å². The fourth-order valence-corrected chi connectivity index (χ4v) is 5.51. The third kappa shape index (κ3) is 6.82. The normalized spacial score (nSPS) is 19.1. The number of benzene rings is 2. The number of aromatic amines is 1. The van der Waals surface area contributed by atoms with Gasteiger partial charge < -0.3 is 31.4 Å². The Kier molecular flexibility index (Phi) is 8.86. The second-order valence-corrected chi connectivity index (χ2v) is 11.4. The van der Waals surface area contributed by atoms with Crippen LogP contribution in [0, 0.1) is 0 Å². The zero-order chi connectivity index (χ0) is 31.6. The summed E-state index contributed by atoms with van der Waals surface area (Å²) in [7, 11) is 0. The minimum absolute atomic E-state index is 0.00604. The molecule has 2 aliphatic rings. The molecule has 3 amide bonds. The lowest BCUT2D eigenvalue weighted by molar-refractivity contribution is -0.192. The number of anilines is 1. The summed E-state index contributed by atoms with van der Waals surface area (Å²) in [6.07, 6.45) is -0.937. The van der Waals surface area contributed by atoms with E-state index in [1.165, 1.54) is 0 Å². The van der Waals surface area contributed by atoms with Crippen LogP contribution in [0.15, 0.2) is 54.7 Å². The predicted octanol–water partition coefficient (Wildman–Crippen LogP) is 3.47. The first-order chi connectivity index (χ1) is 20.1. The van der Waals surface area contributed by atoms with Crippen molar-refractivity contribution in [3.63, 3.8) is 0 Å². The molecule has 0 unspecified atom stereocenters. The number of halogens is 3. The van der Waals surface area contributed by atoms with Gasteiger partial charge in [-0.2, -0.15) is 13.2 Å². The van der Waals surface area contributed by atoms with E-state index in [0.717, 1.165) is 27.7 Å². The van der Waals surface area contributed by atoms with E-state index in [1.54, 1.807) is 18.7 Å². The molecule has 230 valence electrons. The zero-order valence-electron chi connectivity index (χ0n) is 23.8. The minimum Gasteiger partial charge on any atom is -0.475 e. The molecule has 5 rings (SSSR count). The predicted molar refractivity (Wildman–Crippen MR) is 153 cm³/mol. The molecule has 0 saturated carbocycles. The molecule has 1 aromatic heterocycles. The maximum atomic E-state index is 13.9. The Hall–Kier alpha value is -4.39. The molecule has 10 nitrogen and oxygen atoms in total. The van der Waals surface area contributed by atoms with Gasteiger partial charge in [0.2, 0.25) is 17.7 Å². The van der Waals surface area contributed by atoms with Gasteiger partial charge in [-0.25, -0.2) is 4.79 Å². The lowest BCUT2D eigenvalue weighted by Gasteiger charge is -2.30. The van der Waals surface area contributed by atoms with Gasteiger partial charge in [0.15, 0.2) is 0 Å². The summed E-state index contributed by atoms with van der Waals surface area (Å²) in [5.74, 6) is -3.28. The lowest BCUT2D eigenvalue weighted by atomic mass is 9.75. The maximum absolute atomic E-state index is 13.9. The molecule has 2 aliphatic heterocycles. The zero-order valence-corrected chi connectivity index (χ0v) is 23.8. The molecule has 3 aromatic rings. The molecular formula is C30H34F3N5O5. The van der Waals surface area contributed by atoms with E-state index in [1.807, 2.05) is 54.7 Å². The number of para-hydroxylation sites is 2. The SMILES string of the molecule is CC(C)(N)C(=O)N[C@H](Cc1c[nH]c2ccccc12)C(=O)N1CCC[C@@]2(CC1)C(=O)Nc1ccccc12.O=C(O)C(F)(F)F. The average molecular weight is 602 g/mol. The van der Waals surface area contributed by atoms with Gasteiger partial charge in [-0.1, -0.05) is 36.4 Å². The number of aliphatic carboxylic acids is 1. The van der Waals surface area contributed by atoms with E-state index in [9.17, 15) is 27.6 Å². The van der Waals surface area contributed by atoms with Crippen LogP contribution in [0.2, 0.25) is 0 Å². The first-order valence-corrected chi connectivity index (χ1v) is 13.8. The van der Waals surface area contributed by atoms with Gasteiger partial charge in [0.25, 0.3) is 0 Å². The number of hydrogen-bond acceptors (Lipinski definition) is 5. The largest absolute Gasteiger partial charge is 0.490 e. The van der Waals surface area contributed by atoms with Crippen LogP contribution < -0.4 is 16.4 Å². The summed E-state index contributed by atoms with van der Waals surface area (Å²) in [5, 5.41) is 14.1. The quantitative estimate of drug-likeness (QED) is 0.301. The van der Waals surface area contributed by atoms with Gasteiger partial charge in [-0.3, -0.25) is 14.4 Å². The number of nitrogens with zero attached hydrogens (tertiary/aromatic N) is 1. The number of hydrogen-bond donors (Lipinski definition) is 5. The molecule has 43 heavy (non-hydrogen) atoms. The highest BCUT2D eigenvalue weighted by Crippen LogP contribution is 2.44. The summed E-state index contributed by atoms with van der Waals surface area (Å²) < 4.78 is 31.7. The first kappa shape index (κ1) is 31.5. The molecule has 2 atom stereocenters. The van der Waals surface area contributed by atoms with Crippen LogP contribution in [-0.2, 0) is 31.0 Å². The Balaban J connectivity index is 0.000000541. The third-order valence-electron chi connectivity index (χ3n) is 7.81. The number of carbonyl (C=O) groups excluding carboxylic acids is 3. The fourth-order valence-electron chi connectivity index (χ4n) is 5.51. The molecule has 2 aromatic carbocycles. The van der Waals surface area contributed by atoms with E-state index in [4.69, 9.17) is 15.6 Å². The second kappa shape index (κ2) is 12.1. The van der Waals surface area contributed by atoms with Crippen molar-refractivity contribution in [2.75, 3.05) is 18.4 Å². The molecule has 13 heteroatoms. The number of rotatable bonds is 5. The number of fused-ring (bicyclic) bond motifs is 3. The minimum atomic E-state index is -5.08. The highest BCUT2D eigenvalue weighted by molar-refractivity contribution is 6.06. The Morgan fingerprint density at radius 2 is 1.72 bits per heavy atom. The number of aromatic nitrogens is 1. The monoisotopic (exact) mass is 601 g/mol. The number of carboxylic acids is 1. The molecule has 1 saturated heterocycles. The topological polar surface area (TPSA) is 158 Å². The van der Waals surface area contributed by atoms with E-state index >= 15 is 0 Å². The number of likely N-dealkylation sites (tertiary alicyclic amines) is 1. The van der Waals surface area contributed by atoms with Crippen molar-refractivity contribution in [2.24, 2.45) is 5.73 Å². The van der Waals surface area contributed by atoms with Crippen LogP contribution in [0.5, 0.6) is 0 Å². The second-order valence-electron chi connectivity index (χ2n) is 11.4. The van der Waals surface area contributed by atoms with Crippen LogP contribution in [0.4, 0.5) is 18.9 Å². The summed E-state index contributed by atoms with van der Waals surface area (Å²) in [4.78, 5) is 53.7. The first-order valence-electron chi connectivity index (χ1n) is 13.8. The van der Waals surface area contributed by atoms with Gasteiger partial charge in [-0.15, -0.1) is 0 Å². The van der Waals surface area contributed by atoms with E-state index in [0.29, 0.717) is 38.8 Å². The van der Waals surface area contributed by atoms with Gasteiger partial charge in [0, 0.05) is 42.3 Å². The lowest BCUT2D eigenvalue weighted by Crippen LogP contribution is -2.57. The number of carbonyl (C=O) groups is 4. The smallest absolute Gasteiger partial charge is 0.475 e. The van der Waals surface area contributed by atoms with Crippen molar-refractivity contribution >= 4 is 40.3 Å². The number of nitrogens with two attached hydrogens (primary N) is 1. The average Bonchev–Trinajstić information content (AvgIpc) is 3.36. The van der Waals surface area contributed by atoms with Crippen LogP contribution in [0.25, 0.3) is 10.9 Å². The van der Waals surface area contributed by atoms with Crippen LogP contribution in [0.1, 0.15) is 44.2 Å². The number of amides is 3. The molecular weight excluding hydrogens is 567 g/mol. The van der Waals surface area contributed by atoms with Crippen molar-refractivity contribution < 1.29 is 37.5 Å². The van der Waals surface area contributed by atoms with Gasteiger partial charge in [-0.05, 0) is 56.4 Å². The Morgan fingerprint density at radius 1 is 1.07 bits per heavy atom. The molecule has 6 N–H and O–H groups in total. The van der Waals surface area contributed by atoms with Crippen molar-refractivity contribution in [1.29, 1.82) is 0 Å².